The molecular weight excluding hydrogens is 326 g/mol. The lowest BCUT2D eigenvalue weighted by Gasteiger charge is -2.27. The molecule has 1 aromatic heterocycles. The Morgan fingerprint density at radius 3 is 2.00 bits per heavy atom. The Kier molecular flexibility index (Phi) is 5.50. The molecule has 0 saturated carbocycles. The third-order valence-corrected chi connectivity index (χ3v) is 4.07. The van der Waals surface area contributed by atoms with Gasteiger partial charge in [-0.3, -0.25) is 9.78 Å². The molecule has 26 heavy (non-hydrogen) atoms. The van der Waals surface area contributed by atoms with E-state index in [1.54, 1.807) is 30.7 Å². The second kappa shape index (κ2) is 7.28. The SMILES string of the molecule is CC(C)(C)c1cc(C=NNC(=O)c2ccncc2)cc(C(C)(C)C)c1O. The normalized spacial score (nSPS) is 12.4. The van der Waals surface area contributed by atoms with E-state index in [4.69, 9.17) is 0 Å². The zero-order valence-electron chi connectivity index (χ0n) is 16.3. The average Bonchev–Trinajstić information content (AvgIpc) is 2.54. The number of benzene rings is 1. The van der Waals surface area contributed by atoms with Crippen molar-refractivity contribution < 1.29 is 9.90 Å². The number of aromatic hydroxyl groups is 1. The minimum absolute atomic E-state index is 0.214. The zero-order chi connectivity index (χ0) is 19.5. The van der Waals surface area contributed by atoms with E-state index in [9.17, 15) is 9.90 Å². The molecule has 5 heteroatoms. The number of aromatic nitrogens is 1. The molecule has 2 rings (SSSR count). The number of nitrogens with zero attached hydrogens (tertiary/aromatic N) is 2. The number of hydrogen-bond acceptors (Lipinski definition) is 4. The molecule has 0 bridgehead atoms. The van der Waals surface area contributed by atoms with Gasteiger partial charge in [-0.05, 0) is 40.7 Å². The quantitative estimate of drug-likeness (QED) is 0.643. The van der Waals surface area contributed by atoms with Crippen molar-refractivity contribution in [3.8, 4) is 5.75 Å². The summed E-state index contributed by atoms with van der Waals surface area (Å²) < 4.78 is 0. The van der Waals surface area contributed by atoms with Crippen LogP contribution >= 0.6 is 0 Å². The van der Waals surface area contributed by atoms with Crippen LogP contribution in [0.3, 0.4) is 0 Å². The fraction of sp³-hybridized carbons (Fsp3) is 0.381. The summed E-state index contributed by atoms with van der Waals surface area (Å²) >= 11 is 0. The molecule has 0 unspecified atom stereocenters. The molecule has 0 aliphatic heterocycles. The van der Waals surface area contributed by atoms with Gasteiger partial charge >= 0.3 is 0 Å². The molecule has 0 aliphatic carbocycles. The van der Waals surface area contributed by atoms with Gasteiger partial charge in [-0.25, -0.2) is 5.43 Å². The van der Waals surface area contributed by atoms with Crippen LogP contribution in [-0.2, 0) is 10.8 Å². The molecule has 5 nitrogen and oxygen atoms in total. The van der Waals surface area contributed by atoms with Crippen molar-refractivity contribution in [1.82, 2.24) is 10.4 Å². The molecule has 1 heterocycles. The number of hydrogen-bond donors (Lipinski definition) is 2. The number of nitrogens with one attached hydrogen (secondary N) is 1. The molecule has 0 atom stereocenters. The summed E-state index contributed by atoms with van der Waals surface area (Å²) in [5.74, 6) is 0.0255. The van der Waals surface area contributed by atoms with E-state index in [0.717, 1.165) is 16.7 Å². The van der Waals surface area contributed by atoms with Crippen LogP contribution in [0.25, 0.3) is 0 Å². The van der Waals surface area contributed by atoms with Crippen molar-refractivity contribution >= 4 is 12.1 Å². The third kappa shape index (κ3) is 4.69. The molecule has 0 saturated heterocycles. The minimum atomic E-state index is -0.297. The van der Waals surface area contributed by atoms with Crippen LogP contribution in [0.1, 0.15) is 68.6 Å². The van der Waals surface area contributed by atoms with Gasteiger partial charge in [-0.1, -0.05) is 41.5 Å². The Bertz CT molecular complexity index is 778. The second-order valence-electron chi connectivity index (χ2n) is 8.40. The zero-order valence-corrected chi connectivity index (χ0v) is 16.3. The lowest BCUT2D eigenvalue weighted by atomic mass is 9.78. The maximum absolute atomic E-state index is 12.0. The van der Waals surface area contributed by atoms with Gasteiger partial charge in [-0.15, -0.1) is 0 Å². The summed E-state index contributed by atoms with van der Waals surface area (Å²) in [7, 11) is 0. The number of phenolic OH excluding ortho intramolecular Hbond substituents is 1. The smallest absolute Gasteiger partial charge is 0.271 e. The van der Waals surface area contributed by atoms with Crippen LogP contribution in [0.2, 0.25) is 0 Å². The van der Waals surface area contributed by atoms with Gasteiger partial charge in [0.2, 0.25) is 0 Å². The van der Waals surface area contributed by atoms with Crippen molar-refractivity contribution in [3.63, 3.8) is 0 Å². The fourth-order valence-electron chi connectivity index (χ4n) is 2.61. The maximum Gasteiger partial charge on any atom is 0.271 e. The van der Waals surface area contributed by atoms with Gasteiger partial charge in [0, 0.05) is 29.1 Å². The highest BCUT2D eigenvalue weighted by molar-refractivity contribution is 5.94. The van der Waals surface area contributed by atoms with E-state index in [-0.39, 0.29) is 16.7 Å². The molecule has 0 spiro atoms. The Morgan fingerprint density at radius 2 is 1.54 bits per heavy atom. The summed E-state index contributed by atoms with van der Waals surface area (Å²) in [4.78, 5) is 15.9. The summed E-state index contributed by atoms with van der Waals surface area (Å²) in [5.41, 5.74) is 5.12. The molecule has 138 valence electrons. The minimum Gasteiger partial charge on any atom is -0.507 e. The first-order valence-corrected chi connectivity index (χ1v) is 8.61. The number of phenols is 1. The van der Waals surface area contributed by atoms with Crippen molar-refractivity contribution in [2.45, 2.75) is 52.4 Å². The van der Waals surface area contributed by atoms with E-state index >= 15 is 0 Å². The Morgan fingerprint density at radius 1 is 1.04 bits per heavy atom. The highest BCUT2D eigenvalue weighted by atomic mass is 16.3. The van der Waals surface area contributed by atoms with E-state index < -0.39 is 0 Å². The monoisotopic (exact) mass is 353 g/mol. The topological polar surface area (TPSA) is 74.6 Å². The van der Waals surface area contributed by atoms with Crippen LogP contribution in [0.4, 0.5) is 0 Å². The highest BCUT2D eigenvalue weighted by Gasteiger charge is 2.26. The van der Waals surface area contributed by atoms with Gasteiger partial charge < -0.3 is 5.11 Å². The number of amides is 1. The average molecular weight is 353 g/mol. The molecule has 2 N–H and O–H groups in total. The highest BCUT2D eigenvalue weighted by Crippen LogP contribution is 2.39. The Labute approximate surface area is 155 Å². The van der Waals surface area contributed by atoms with Crippen molar-refractivity contribution in [2.24, 2.45) is 5.10 Å². The van der Waals surface area contributed by atoms with Crippen molar-refractivity contribution in [3.05, 3.63) is 58.9 Å². The number of carbonyl (C=O) groups is 1. The number of hydrazone groups is 1. The van der Waals surface area contributed by atoms with Crippen LogP contribution in [0, 0.1) is 0 Å². The standard InChI is InChI=1S/C21H27N3O2/c1-20(2,3)16-11-14(12-17(18(16)25)21(4,5)6)13-23-24-19(26)15-7-9-22-10-8-15/h7-13,25H,1-6H3,(H,24,26). The fourth-order valence-corrected chi connectivity index (χ4v) is 2.61. The molecule has 1 aromatic carbocycles. The first kappa shape index (κ1) is 19.6. The van der Waals surface area contributed by atoms with Gasteiger partial charge in [-0.2, -0.15) is 5.10 Å². The van der Waals surface area contributed by atoms with Crippen molar-refractivity contribution in [1.29, 1.82) is 0 Å². The predicted molar refractivity (Wildman–Crippen MR) is 105 cm³/mol. The van der Waals surface area contributed by atoms with E-state index in [1.165, 1.54) is 0 Å². The van der Waals surface area contributed by atoms with Gasteiger partial charge in [0.15, 0.2) is 0 Å². The van der Waals surface area contributed by atoms with Crippen LogP contribution in [-0.4, -0.2) is 22.2 Å². The maximum atomic E-state index is 12.0. The van der Waals surface area contributed by atoms with Crippen LogP contribution in [0.15, 0.2) is 41.8 Å². The Hall–Kier alpha value is -2.69. The molecule has 0 aliphatic rings. The van der Waals surface area contributed by atoms with Crippen LogP contribution in [0.5, 0.6) is 5.75 Å². The summed E-state index contributed by atoms with van der Waals surface area (Å²) in [5, 5.41) is 14.8. The molecule has 1 amide bonds. The van der Waals surface area contributed by atoms with Gasteiger partial charge in [0.25, 0.3) is 5.91 Å². The first-order valence-electron chi connectivity index (χ1n) is 8.61. The molecule has 0 radical (unpaired) electrons. The second-order valence-corrected chi connectivity index (χ2v) is 8.40. The summed E-state index contributed by atoms with van der Waals surface area (Å²) in [6, 6.07) is 7.07. The number of carbonyl (C=O) groups excluding carboxylic acids is 1. The summed E-state index contributed by atoms with van der Waals surface area (Å²) in [6.07, 6.45) is 4.72. The lowest BCUT2D eigenvalue weighted by Crippen LogP contribution is -2.19. The third-order valence-electron chi connectivity index (χ3n) is 4.07. The summed E-state index contributed by atoms with van der Waals surface area (Å²) in [6.45, 7) is 12.3. The molecular formula is C21H27N3O2. The predicted octanol–water partition coefficient (Wildman–Crippen LogP) is 4.15. The van der Waals surface area contributed by atoms with Gasteiger partial charge in [0.05, 0.1) is 6.21 Å². The molecule has 2 aromatic rings. The Balaban J connectivity index is 2.33. The number of pyridine rings is 1. The molecule has 0 fully saturated rings. The first-order chi connectivity index (χ1) is 12.0. The largest absolute Gasteiger partial charge is 0.507 e. The van der Waals surface area contributed by atoms with Crippen molar-refractivity contribution in [2.75, 3.05) is 0 Å². The lowest BCUT2D eigenvalue weighted by molar-refractivity contribution is 0.0955. The van der Waals surface area contributed by atoms with E-state index in [0.29, 0.717) is 11.3 Å². The van der Waals surface area contributed by atoms with Gasteiger partial charge in [0.1, 0.15) is 5.75 Å². The van der Waals surface area contributed by atoms with E-state index in [2.05, 4.69) is 57.1 Å². The van der Waals surface area contributed by atoms with Crippen LogP contribution < -0.4 is 5.43 Å². The number of rotatable bonds is 3. The van der Waals surface area contributed by atoms with E-state index in [1.807, 2.05) is 12.1 Å².